The van der Waals surface area contributed by atoms with Crippen molar-refractivity contribution in [3.63, 3.8) is 0 Å². The fourth-order valence-corrected chi connectivity index (χ4v) is 4.63. The number of amides is 2. The van der Waals surface area contributed by atoms with Gasteiger partial charge in [0.2, 0.25) is 5.75 Å². The number of nitrogens with zero attached hydrogens (tertiary/aromatic N) is 4. The van der Waals surface area contributed by atoms with Crippen molar-refractivity contribution in [2.75, 3.05) is 36.2 Å². The molecule has 0 radical (unpaired) electrons. The monoisotopic (exact) mass is 507 g/mol. The predicted molar refractivity (Wildman–Crippen MR) is 124 cm³/mol. The zero-order valence-electron chi connectivity index (χ0n) is 19.5. The normalized spacial score (nSPS) is 16.7. The second-order valence-electron chi connectivity index (χ2n) is 8.62. The van der Waals surface area contributed by atoms with Gasteiger partial charge in [-0.05, 0) is 44.9 Å². The smallest absolute Gasteiger partial charge is 0.410 e. The van der Waals surface area contributed by atoms with Gasteiger partial charge in [0.15, 0.2) is 28.1 Å². The molecule has 1 N–H and O–H groups in total. The standard InChI is InChI=1S/C22H26FN5O6S/c1-13(2)34-22(30)27-8-6-14(7-9-27)28-18(29)11-33-19-20(24-12-25-21(19)28)26-17-5-4-15(10-16(17)23)35(3,31)32/h4-5,10,12-14H,6-9,11H2,1-3H3,(H,24,25,26). The molecule has 2 aliphatic heterocycles. The van der Waals surface area contributed by atoms with Crippen LogP contribution in [0.3, 0.4) is 0 Å². The molecule has 1 saturated heterocycles. The van der Waals surface area contributed by atoms with Crippen molar-refractivity contribution in [2.24, 2.45) is 0 Å². The zero-order valence-corrected chi connectivity index (χ0v) is 20.3. The van der Waals surface area contributed by atoms with Crippen molar-refractivity contribution < 1.29 is 31.9 Å². The Balaban J connectivity index is 1.55. The van der Waals surface area contributed by atoms with Crippen molar-refractivity contribution in [2.45, 2.75) is 43.7 Å². The summed E-state index contributed by atoms with van der Waals surface area (Å²) < 4.78 is 48.8. The van der Waals surface area contributed by atoms with Crippen molar-refractivity contribution in [3.8, 4) is 5.75 Å². The number of halogens is 1. The number of likely N-dealkylation sites (tertiary alicyclic amines) is 1. The molecule has 2 aromatic rings. The summed E-state index contributed by atoms with van der Waals surface area (Å²) in [7, 11) is -3.57. The maximum absolute atomic E-state index is 14.6. The molecule has 0 spiro atoms. The van der Waals surface area contributed by atoms with Crippen molar-refractivity contribution in [1.29, 1.82) is 0 Å². The van der Waals surface area contributed by atoms with Crippen LogP contribution in [0.1, 0.15) is 26.7 Å². The average molecular weight is 508 g/mol. The molecule has 1 aromatic heterocycles. The summed E-state index contributed by atoms with van der Waals surface area (Å²) in [4.78, 5) is 36.3. The first-order chi connectivity index (χ1) is 16.5. The first kappa shape index (κ1) is 24.6. The number of aromatic nitrogens is 2. The second-order valence-corrected chi connectivity index (χ2v) is 10.6. The number of rotatable bonds is 5. The van der Waals surface area contributed by atoms with Crippen molar-refractivity contribution in [3.05, 3.63) is 30.3 Å². The van der Waals surface area contributed by atoms with Gasteiger partial charge in [-0.3, -0.25) is 9.69 Å². The van der Waals surface area contributed by atoms with E-state index in [9.17, 15) is 22.4 Å². The van der Waals surface area contributed by atoms with Gasteiger partial charge >= 0.3 is 6.09 Å². The van der Waals surface area contributed by atoms with Gasteiger partial charge in [-0.2, -0.15) is 0 Å². The molecule has 188 valence electrons. The lowest BCUT2D eigenvalue weighted by atomic mass is 10.0. The van der Waals surface area contributed by atoms with Crippen LogP contribution in [0.2, 0.25) is 0 Å². The summed E-state index contributed by atoms with van der Waals surface area (Å²) in [5, 5.41) is 2.80. The van der Waals surface area contributed by atoms with E-state index in [0.717, 1.165) is 12.3 Å². The van der Waals surface area contributed by atoms with E-state index in [1.54, 1.807) is 23.6 Å². The molecule has 2 aliphatic rings. The Bertz CT molecular complexity index is 1250. The number of piperidine rings is 1. The SMILES string of the molecule is CC(C)OC(=O)N1CCC(N2C(=O)COc3c(Nc4ccc(S(C)(=O)=O)cc4F)ncnc32)CC1. The van der Waals surface area contributed by atoms with Gasteiger partial charge < -0.3 is 19.7 Å². The molecular weight excluding hydrogens is 481 g/mol. The Morgan fingerprint density at radius 1 is 1.26 bits per heavy atom. The van der Waals surface area contributed by atoms with E-state index >= 15 is 0 Å². The van der Waals surface area contributed by atoms with Gasteiger partial charge in [-0.15, -0.1) is 0 Å². The number of hydrogen-bond acceptors (Lipinski definition) is 9. The van der Waals surface area contributed by atoms with Crippen molar-refractivity contribution in [1.82, 2.24) is 14.9 Å². The van der Waals surface area contributed by atoms with Crippen LogP contribution in [0.25, 0.3) is 0 Å². The summed E-state index contributed by atoms with van der Waals surface area (Å²) in [5.41, 5.74) is -0.0117. The molecule has 35 heavy (non-hydrogen) atoms. The molecule has 0 atom stereocenters. The fraction of sp³-hybridized carbons (Fsp3) is 0.455. The average Bonchev–Trinajstić information content (AvgIpc) is 2.79. The minimum atomic E-state index is -3.57. The third-order valence-electron chi connectivity index (χ3n) is 5.67. The van der Waals surface area contributed by atoms with Crippen LogP contribution in [0, 0.1) is 5.82 Å². The number of ether oxygens (including phenoxy) is 2. The number of carbonyl (C=O) groups is 2. The molecule has 3 heterocycles. The molecule has 11 nitrogen and oxygen atoms in total. The second kappa shape index (κ2) is 9.64. The minimum Gasteiger partial charge on any atom is -0.476 e. The Labute approximate surface area is 202 Å². The molecular formula is C22H26FN5O6S. The first-order valence-electron chi connectivity index (χ1n) is 11.1. The molecule has 0 unspecified atom stereocenters. The van der Waals surface area contributed by atoms with E-state index in [-0.39, 0.29) is 58.7 Å². The molecule has 4 rings (SSSR count). The number of nitrogens with one attached hydrogen (secondary N) is 1. The molecule has 0 aliphatic carbocycles. The van der Waals surface area contributed by atoms with Gasteiger partial charge in [-0.25, -0.2) is 27.6 Å². The van der Waals surface area contributed by atoms with E-state index in [1.807, 2.05) is 0 Å². The highest BCUT2D eigenvalue weighted by Crippen LogP contribution is 2.39. The van der Waals surface area contributed by atoms with Crippen LogP contribution in [0.5, 0.6) is 5.75 Å². The highest BCUT2D eigenvalue weighted by Gasteiger charge is 2.37. The summed E-state index contributed by atoms with van der Waals surface area (Å²) >= 11 is 0. The van der Waals surface area contributed by atoms with Crippen LogP contribution in [-0.4, -0.2) is 73.4 Å². The van der Waals surface area contributed by atoms with Gasteiger partial charge in [0.25, 0.3) is 5.91 Å². The van der Waals surface area contributed by atoms with Crippen LogP contribution < -0.4 is 15.0 Å². The third-order valence-corrected chi connectivity index (χ3v) is 6.78. The molecule has 0 bridgehead atoms. The number of benzene rings is 1. The maximum atomic E-state index is 14.6. The fourth-order valence-electron chi connectivity index (χ4n) is 3.99. The Morgan fingerprint density at radius 2 is 1.97 bits per heavy atom. The number of fused-ring (bicyclic) bond motifs is 1. The topological polar surface area (TPSA) is 131 Å². The van der Waals surface area contributed by atoms with E-state index in [0.29, 0.717) is 25.9 Å². The third kappa shape index (κ3) is 5.29. The zero-order chi connectivity index (χ0) is 25.3. The van der Waals surface area contributed by atoms with E-state index < -0.39 is 15.7 Å². The molecule has 1 aromatic carbocycles. The van der Waals surface area contributed by atoms with E-state index in [1.165, 1.54) is 18.5 Å². The molecule has 1 fully saturated rings. The van der Waals surface area contributed by atoms with Crippen LogP contribution in [0.15, 0.2) is 29.4 Å². The molecule has 13 heteroatoms. The number of sulfone groups is 1. The summed E-state index contributed by atoms with van der Waals surface area (Å²) in [6.45, 7) is 4.16. The Hall–Kier alpha value is -3.48. The lowest BCUT2D eigenvalue weighted by molar-refractivity contribution is -0.122. The molecule has 0 saturated carbocycles. The predicted octanol–water partition coefficient (Wildman–Crippen LogP) is 2.50. The van der Waals surface area contributed by atoms with Crippen LogP contribution >= 0.6 is 0 Å². The summed E-state index contributed by atoms with van der Waals surface area (Å²) in [5.74, 6) is -0.509. The van der Waals surface area contributed by atoms with Crippen LogP contribution in [-0.2, 0) is 19.4 Å². The van der Waals surface area contributed by atoms with Gasteiger partial charge in [0, 0.05) is 25.4 Å². The maximum Gasteiger partial charge on any atom is 0.410 e. The minimum absolute atomic E-state index is 0.0117. The lowest BCUT2D eigenvalue weighted by Crippen LogP contribution is -2.52. The number of hydrogen-bond donors (Lipinski definition) is 1. The molecule has 2 amide bonds. The highest BCUT2D eigenvalue weighted by atomic mass is 32.2. The Kier molecular flexibility index (Phi) is 6.79. The lowest BCUT2D eigenvalue weighted by Gasteiger charge is -2.39. The van der Waals surface area contributed by atoms with Gasteiger partial charge in [0.1, 0.15) is 12.1 Å². The van der Waals surface area contributed by atoms with E-state index in [2.05, 4.69) is 15.3 Å². The van der Waals surface area contributed by atoms with Crippen LogP contribution in [0.4, 0.5) is 26.5 Å². The summed E-state index contributed by atoms with van der Waals surface area (Å²) in [6, 6.07) is 3.27. The van der Waals surface area contributed by atoms with Gasteiger partial charge in [0.05, 0.1) is 16.7 Å². The number of anilines is 3. The summed E-state index contributed by atoms with van der Waals surface area (Å²) in [6.07, 6.45) is 2.66. The highest BCUT2D eigenvalue weighted by molar-refractivity contribution is 7.90. The Morgan fingerprint density at radius 3 is 2.60 bits per heavy atom. The van der Waals surface area contributed by atoms with E-state index in [4.69, 9.17) is 9.47 Å². The largest absolute Gasteiger partial charge is 0.476 e. The first-order valence-corrected chi connectivity index (χ1v) is 13.0. The van der Waals surface area contributed by atoms with Gasteiger partial charge in [-0.1, -0.05) is 0 Å². The van der Waals surface area contributed by atoms with Crippen molar-refractivity contribution >= 4 is 39.2 Å². The number of carbonyl (C=O) groups excluding carboxylic acids is 2. The quantitative estimate of drug-likeness (QED) is 0.648.